The molecule has 2 nitrogen and oxygen atoms in total. The molecule has 0 aliphatic heterocycles. The van der Waals surface area contributed by atoms with Crippen LogP contribution in [0.2, 0.25) is 0 Å². The number of methoxy groups -OCH3 is 1. The Labute approximate surface area is 117 Å². The Bertz CT molecular complexity index is 380. The summed E-state index contributed by atoms with van der Waals surface area (Å²) in [4.78, 5) is 0. The van der Waals surface area contributed by atoms with Crippen LogP contribution in [0.4, 0.5) is 5.69 Å². The van der Waals surface area contributed by atoms with Gasteiger partial charge in [-0.1, -0.05) is 18.9 Å². The Hall–Kier alpha value is -0.290. The van der Waals surface area contributed by atoms with Gasteiger partial charge in [0.15, 0.2) is 0 Å². The molecule has 2 unspecified atom stereocenters. The van der Waals surface area contributed by atoms with Gasteiger partial charge in [-0.05, 0) is 60.1 Å². The van der Waals surface area contributed by atoms with Crippen LogP contribution in [0.15, 0.2) is 18.2 Å². The molecule has 2 atom stereocenters. The van der Waals surface area contributed by atoms with E-state index in [4.69, 9.17) is 4.74 Å². The van der Waals surface area contributed by atoms with Crippen LogP contribution in [0.1, 0.15) is 31.2 Å². The van der Waals surface area contributed by atoms with E-state index >= 15 is 0 Å². The first-order chi connectivity index (χ1) is 8.20. The molecule has 1 N–H and O–H groups in total. The van der Waals surface area contributed by atoms with Gasteiger partial charge in [-0.15, -0.1) is 0 Å². The minimum atomic E-state index is 0.364. The average Bonchev–Trinajstić information content (AvgIpc) is 2.34. The van der Waals surface area contributed by atoms with E-state index in [0.29, 0.717) is 12.1 Å². The second-order valence-electron chi connectivity index (χ2n) is 4.77. The van der Waals surface area contributed by atoms with Crippen molar-refractivity contribution in [3.8, 4) is 0 Å². The molecule has 1 saturated carbocycles. The van der Waals surface area contributed by atoms with E-state index in [0.717, 1.165) is 0 Å². The largest absolute Gasteiger partial charge is 0.380 e. The maximum Gasteiger partial charge on any atom is 0.0772 e. The summed E-state index contributed by atoms with van der Waals surface area (Å²) in [6, 6.07) is 7.03. The van der Waals surface area contributed by atoms with Crippen molar-refractivity contribution >= 4 is 28.3 Å². The summed E-state index contributed by atoms with van der Waals surface area (Å²) in [5, 5.41) is 3.62. The van der Waals surface area contributed by atoms with Crippen molar-refractivity contribution < 1.29 is 4.74 Å². The number of anilines is 1. The number of ether oxygens (including phenoxy) is 1. The van der Waals surface area contributed by atoms with Crippen LogP contribution >= 0.6 is 22.6 Å². The Kier molecular flexibility index (Phi) is 4.68. The van der Waals surface area contributed by atoms with Crippen molar-refractivity contribution in [2.45, 2.75) is 44.8 Å². The van der Waals surface area contributed by atoms with Gasteiger partial charge in [0, 0.05) is 16.4 Å². The SMILES string of the molecule is COC1CCCCC1Nc1ccc(C)c(I)c1. The van der Waals surface area contributed by atoms with Gasteiger partial charge in [-0.25, -0.2) is 0 Å². The number of benzene rings is 1. The van der Waals surface area contributed by atoms with Gasteiger partial charge >= 0.3 is 0 Å². The van der Waals surface area contributed by atoms with Crippen molar-refractivity contribution in [3.63, 3.8) is 0 Å². The minimum Gasteiger partial charge on any atom is -0.380 e. The monoisotopic (exact) mass is 345 g/mol. The fraction of sp³-hybridized carbons (Fsp3) is 0.571. The molecule has 17 heavy (non-hydrogen) atoms. The van der Waals surface area contributed by atoms with Gasteiger partial charge < -0.3 is 10.1 Å². The van der Waals surface area contributed by atoms with E-state index in [2.05, 4.69) is 53.0 Å². The third-order valence-electron chi connectivity index (χ3n) is 3.53. The molecule has 1 aromatic carbocycles. The molecule has 3 heteroatoms. The molecule has 0 aromatic heterocycles. The van der Waals surface area contributed by atoms with Crippen molar-refractivity contribution in [2.24, 2.45) is 0 Å². The lowest BCUT2D eigenvalue weighted by Gasteiger charge is -2.31. The summed E-state index contributed by atoms with van der Waals surface area (Å²) in [7, 11) is 1.82. The number of hydrogen-bond acceptors (Lipinski definition) is 2. The molecule has 0 bridgehead atoms. The maximum atomic E-state index is 5.57. The van der Waals surface area contributed by atoms with Gasteiger partial charge in [0.05, 0.1) is 12.1 Å². The quantitative estimate of drug-likeness (QED) is 0.837. The third-order valence-corrected chi connectivity index (χ3v) is 4.69. The van der Waals surface area contributed by atoms with Gasteiger partial charge in [0.2, 0.25) is 0 Å². The van der Waals surface area contributed by atoms with Crippen molar-refractivity contribution in [3.05, 3.63) is 27.3 Å². The number of aryl methyl sites for hydroxylation is 1. The zero-order valence-corrected chi connectivity index (χ0v) is 12.7. The highest BCUT2D eigenvalue weighted by atomic mass is 127. The van der Waals surface area contributed by atoms with Gasteiger partial charge in [-0.3, -0.25) is 0 Å². The first-order valence-electron chi connectivity index (χ1n) is 6.26. The highest BCUT2D eigenvalue weighted by Crippen LogP contribution is 2.25. The molecule has 1 fully saturated rings. The zero-order chi connectivity index (χ0) is 12.3. The standard InChI is InChI=1S/C14H20INO/c1-10-7-8-11(9-12(10)15)16-13-5-3-4-6-14(13)17-2/h7-9,13-14,16H,3-6H2,1-2H3. The molecule has 1 aliphatic rings. The summed E-state index contributed by atoms with van der Waals surface area (Å²) in [5.74, 6) is 0. The number of halogens is 1. The third kappa shape index (κ3) is 3.35. The van der Waals surface area contributed by atoms with Crippen LogP contribution in [0.25, 0.3) is 0 Å². The summed E-state index contributed by atoms with van der Waals surface area (Å²) >= 11 is 2.39. The van der Waals surface area contributed by atoms with E-state index in [-0.39, 0.29) is 0 Å². The second-order valence-corrected chi connectivity index (χ2v) is 5.94. The molecule has 0 saturated heterocycles. The molecular formula is C14H20INO. The van der Waals surface area contributed by atoms with E-state index in [1.165, 1.54) is 40.5 Å². The number of hydrogen-bond donors (Lipinski definition) is 1. The average molecular weight is 345 g/mol. The second kappa shape index (κ2) is 6.05. The lowest BCUT2D eigenvalue weighted by atomic mass is 9.92. The molecule has 0 heterocycles. The van der Waals surface area contributed by atoms with Crippen LogP contribution in [0.5, 0.6) is 0 Å². The predicted octanol–water partition coefficient (Wildman–Crippen LogP) is 3.97. The van der Waals surface area contributed by atoms with E-state index < -0.39 is 0 Å². The summed E-state index contributed by atoms with van der Waals surface area (Å²) in [6.45, 7) is 2.14. The molecule has 1 aromatic rings. The highest BCUT2D eigenvalue weighted by Gasteiger charge is 2.24. The molecule has 2 rings (SSSR count). The van der Waals surface area contributed by atoms with E-state index in [9.17, 15) is 0 Å². The number of nitrogens with one attached hydrogen (secondary N) is 1. The Morgan fingerprint density at radius 3 is 2.76 bits per heavy atom. The predicted molar refractivity (Wildman–Crippen MR) is 80.6 cm³/mol. The van der Waals surface area contributed by atoms with Gasteiger partial charge in [-0.2, -0.15) is 0 Å². The minimum absolute atomic E-state index is 0.364. The number of rotatable bonds is 3. The van der Waals surface area contributed by atoms with Crippen molar-refractivity contribution in [2.75, 3.05) is 12.4 Å². The van der Waals surface area contributed by atoms with Crippen LogP contribution < -0.4 is 5.32 Å². The first kappa shape index (κ1) is 13.1. The maximum absolute atomic E-state index is 5.57. The topological polar surface area (TPSA) is 21.3 Å². The van der Waals surface area contributed by atoms with Crippen LogP contribution in [0, 0.1) is 10.5 Å². The lowest BCUT2D eigenvalue weighted by molar-refractivity contribution is 0.0606. The fourth-order valence-corrected chi connectivity index (χ4v) is 2.96. The summed E-state index contributed by atoms with van der Waals surface area (Å²) in [5.41, 5.74) is 2.55. The van der Waals surface area contributed by atoms with Crippen molar-refractivity contribution in [1.82, 2.24) is 0 Å². The van der Waals surface area contributed by atoms with Crippen LogP contribution in [-0.4, -0.2) is 19.3 Å². The van der Waals surface area contributed by atoms with Crippen LogP contribution in [0.3, 0.4) is 0 Å². The van der Waals surface area contributed by atoms with Gasteiger partial charge in [0.1, 0.15) is 0 Å². The lowest BCUT2D eigenvalue weighted by Crippen LogP contribution is -2.37. The Morgan fingerprint density at radius 2 is 2.06 bits per heavy atom. The molecular weight excluding hydrogens is 325 g/mol. The normalized spacial score (nSPS) is 24.6. The van der Waals surface area contributed by atoms with Gasteiger partial charge in [0.25, 0.3) is 0 Å². The molecule has 1 aliphatic carbocycles. The molecule has 0 spiro atoms. The molecule has 0 amide bonds. The van der Waals surface area contributed by atoms with E-state index in [1.54, 1.807) is 0 Å². The molecule has 0 radical (unpaired) electrons. The first-order valence-corrected chi connectivity index (χ1v) is 7.34. The Morgan fingerprint density at radius 1 is 1.29 bits per heavy atom. The molecule has 94 valence electrons. The van der Waals surface area contributed by atoms with E-state index in [1.807, 2.05) is 7.11 Å². The fourth-order valence-electron chi connectivity index (χ4n) is 2.44. The summed E-state index contributed by atoms with van der Waals surface area (Å²) in [6.07, 6.45) is 5.35. The Balaban J connectivity index is 2.05. The zero-order valence-electron chi connectivity index (χ0n) is 10.5. The van der Waals surface area contributed by atoms with Crippen LogP contribution in [-0.2, 0) is 4.74 Å². The summed E-state index contributed by atoms with van der Waals surface area (Å²) < 4.78 is 6.88. The van der Waals surface area contributed by atoms with Crippen molar-refractivity contribution in [1.29, 1.82) is 0 Å². The highest BCUT2D eigenvalue weighted by molar-refractivity contribution is 14.1. The smallest absolute Gasteiger partial charge is 0.0772 e.